The zero-order valence-electron chi connectivity index (χ0n) is 11.2. The van der Waals surface area contributed by atoms with E-state index >= 15 is 0 Å². The molecule has 2 aliphatic rings. The highest BCUT2D eigenvalue weighted by Gasteiger charge is 2.48. The number of carbonyl (C=O) groups is 1. The SMILES string of the molecule is NC1C2CCC(C2)C1C(=O)NCCCn1ccnc1. The topological polar surface area (TPSA) is 72.9 Å². The average molecular weight is 262 g/mol. The minimum Gasteiger partial charge on any atom is -0.356 e. The van der Waals surface area contributed by atoms with Crippen LogP contribution in [0, 0.1) is 17.8 Å². The highest BCUT2D eigenvalue weighted by Crippen LogP contribution is 2.47. The van der Waals surface area contributed by atoms with E-state index in [4.69, 9.17) is 5.73 Å². The maximum absolute atomic E-state index is 12.2. The Morgan fingerprint density at radius 1 is 1.42 bits per heavy atom. The monoisotopic (exact) mass is 262 g/mol. The molecule has 2 aliphatic carbocycles. The van der Waals surface area contributed by atoms with Crippen LogP contribution < -0.4 is 11.1 Å². The van der Waals surface area contributed by atoms with Crippen molar-refractivity contribution in [2.75, 3.05) is 6.54 Å². The molecule has 0 aliphatic heterocycles. The van der Waals surface area contributed by atoms with Crippen LogP contribution in [0.2, 0.25) is 0 Å². The summed E-state index contributed by atoms with van der Waals surface area (Å²) >= 11 is 0. The number of nitrogens with one attached hydrogen (secondary N) is 1. The first-order valence-electron chi connectivity index (χ1n) is 7.25. The second-order valence-electron chi connectivity index (χ2n) is 5.88. The quantitative estimate of drug-likeness (QED) is 0.770. The summed E-state index contributed by atoms with van der Waals surface area (Å²) in [6.07, 6.45) is 10.0. The predicted molar refractivity (Wildman–Crippen MR) is 72.2 cm³/mol. The Hall–Kier alpha value is -1.36. The summed E-state index contributed by atoms with van der Waals surface area (Å²) in [6, 6.07) is 0.0902. The highest BCUT2D eigenvalue weighted by atomic mass is 16.1. The molecule has 5 nitrogen and oxygen atoms in total. The minimum absolute atomic E-state index is 0.0620. The Morgan fingerprint density at radius 3 is 2.95 bits per heavy atom. The molecule has 1 aromatic rings. The number of hydrogen-bond acceptors (Lipinski definition) is 3. The molecule has 4 atom stereocenters. The zero-order valence-corrected chi connectivity index (χ0v) is 11.2. The molecule has 5 heteroatoms. The van der Waals surface area contributed by atoms with Gasteiger partial charge in [0, 0.05) is 31.5 Å². The molecule has 2 bridgehead atoms. The first kappa shape index (κ1) is 12.7. The Balaban J connectivity index is 1.42. The van der Waals surface area contributed by atoms with Crippen molar-refractivity contribution in [3.63, 3.8) is 0 Å². The third-order valence-corrected chi connectivity index (χ3v) is 4.73. The van der Waals surface area contributed by atoms with Crippen LogP contribution in [0.25, 0.3) is 0 Å². The largest absolute Gasteiger partial charge is 0.356 e. The third-order valence-electron chi connectivity index (χ3n) is 4.73. The van der Waals surface area contributed by atoms with Gasteiger partial charge in [-0.25, -0.2) is 4.98 Å². The van der Waals surface area contributed by atoms with Crippen LogP contribution in [0.3, 0.4) is 0 Å². The van der Waals surface area contributed by atoms with E-state index in [2.05, 4.69) is 10.3 Å². The fourth-order valence-corrected chi connectivity index (χ4v) is 3.73. The summed E-state index contributed by atoms with van der Waals surface area (Å²) in [4.78, 5) is 16.2. The Morgan fingerprint density at radius 2 is 2.26 bits per heavy atom. The maximum atomic E-state index is 12.2. The number of hydrogen-bond donors (Lipinski definition) is 2. The van der Waals surface area contributed by atoms with Gasteiger partial charge in [0.15, 0.2) is 0 Å². The smallest absolute Gasteiger partial charge is 0.224 e. The van der Waals surface area contributed by atoms with Crippen LogP contribution in [-0.2, 0) is 11.3 Å². The molecule has 1 heterocycles. The van der Waals surface area contributed by atoms with Gasteiger partial charge in [0.2, 0.25) is 5.91 Å². The average Bonchev–Trinajstić information content (AvgIpc) is 3.10. The second kappa shape index (κ2) is 5.33. The molecule has 0 radical (unpaired) electrons. The number of carbonyl (C=O) groups excluding carboxylic acids is 1. The Labute approximate surface area is 113 Å². The highest BCUT2D eigenvalue weighted by molar-refractivity contribution is 5.80. The molecule has 0 spiro atoms. The lowest BCUT2D eigenvalue weighted by molar-refractivity contribution is -0.127. The van der Waals surface area contributed by atoms with Crippen LogP contribution in [0.5, 0.6) is 0 Å². The van der Waals surface area contributed by atoms with Crippen LogP contribution in [0.4, 0.5) is 0 Å². The lowest BCUT2D eigenvalue weighted by Crippen LogP contribution is -2.45. The molecule has 19 heavy (non-hydrogen) atoms. The van der Waals surface area contributed by atoms with E-state index in [1.807, 2.05) is 10.8 Å². The van der Waals surface area contributed by atoms with Gasteiger partial charge in [-0.15, -0.1) is 0 Å². The molecule has 0 saturated heterocycles. The molecule has 104 valence electrons. The molecule has 3 rings (SSSR count). The number of nitrogens with two attached hydrogens (primary N) is 1. The fourth-order valence-electron chi connectivity index (χ4n) is 3.73. The number of amides is 1. The Kier molecular flexibility index (Phi) is 3.55. The van der Waals surface area contributed by atoms with Gasteiger partial charge in [-0.05, 0) is 37.5 Å². The lowest BCUT2D eigenvalue weighted by atomic mass is 9.84. The van der Waals surface area contributed by atoms with Gasteiger partial charge in [-0.2, -0.15) is 0 Å². The summed E-state index contributed by atoms with van der Waals surface area (Å²) < 4.78 is 2.02. The number of nitrogens with zero attached hydrogens (tertiary/aromatic N) is 2. The lowest BCUT2D eigenvalue weighted by Gasteiger charge is -2.27. The molecule has 4 unspecified atom stereocenters. The summed E-state index contributed by atoms with van der Waals surface area (Å²) in [5.74, 6) is 1.36. The standard InChI is InChI=1S/C14H22N4O/c15-13-11-3-2-10(8-11)12(13)14(19)17-4-1-6-18-7-5-16-9-18/h5,7,9-13H,1-4,6,8,15H2,(H,17,19). The third kappa shape index (κ3) is 2.52. The van der Waals surface area contributed by atoms with Gasteiger partial charge in [0.05, 0.1) is 12.2 Å². The van der Waals surface area contributed by atoms with E-state index in [1.54, 1.807) is 12.5 Å². The number of fused-ring (bicyclic) bond motifs is 2. The van der Waals surface area contributed by atoms with E-state index in [0.717, 1.165) is 25.9 Å². The van der Waals surface area contributed by atoms with Crippen molar-refractivity contribution in [1.82, 2.24) is 14.9 Å². The molecule has 2 saturated carbocycles. The summed E-state index contributed by atoms with van der Waals surface area (Å²) in [5.41, 5.74) is 6.17. The van der Waals surface area contributed by atoms with Crippen LogP contribution in [0.1, 0.15) is 25.7 Å². The van der Waals surface area contributed by atoms with Gasteiger partial charge >= 0.3 is 0 Å². The van der Waals surface area contributed by atoms with Gasteiger partial charge in [-0.1, -0.05) is 0 Å². The summed E-state index contributed by atoms with van der Waals surface area (Å²) in [7, 11) is 0. The van der Waals surface area contributed by atoms with E-state index in [1.165, 1.54) is 12.8 Å². The van der Waals surface area contributed by atoms with Gasteiger partial charge in [0.1, 0.15) is 0 Å². The molecule has 1 amide bonds. The van der Waals surface area contributed by atoms with Gasteiger partial charge in [-0.3, -0.25) is 4.79 Å². The van der Waals surface area contributed by atoms with Crippen molar-refractivity contribution in [2.45, 2.75) is 38.3 Å². The Bertz CT molecular complexity index is 429. The normalized spacial score (nSPS) is 32.7. The molecule has 3 N–H and O–H groups in total. The van der Waals surface area contributed by atoms with Crippen LogP contribution in [-0.4, -0.2) is 28.0 Å². The maximum Gasteiger partial charge on any atom is 0.224 e. The van der Waals surface area contributed by atoms with Crippen LogP contribution >= 0.6 is 0 Å². The van der Waals surface area contributed by atoms with Gasteiger partial charge in [0.25, 0.3) is 0 Å². The predicted octanol–water partition coefficient (Wildman–Crippen LogP) is 0.763. The summed E-state index contributed by atoms with van der Waals surface area (Å²) in [6.45, 7) is 1.61. The zero-order chi connectivity index (χ0) is 13.2. The van der Waals surface area contributed by atoms with Crippen molar-refractivity contribution in [3.8, 4) is 0 Å². The summed E-state index contributed by atoms with van der Waals surface area (Å²) in [5, 5.41) is 3.05. The minimum atomic E-state index is 0.0620. The van der Waals surface area contributed by atoms with Crippen molar-refractivity contribution in [1.29, 1.82) is 0 Å². The molecule has 2 fully saturated rings. The van der Waals surface area contributed by atoms with Crippen molar-refractivity contribution < 1.29 is 4.79 Å². The van der Waals surface area contributed by atoms with Crippen LogP contribution in [0.15, 0.2) is 18.7 Å². The number of aromatic nitrogens is 2. The first-order valence-corrected chi connectivity index (χ1v) is 7.25. The first-order chi connectivity index (χ1) is 9.25. The molecular formula is C14H22N4O. The van der Waals surface area contributed by atoms with E-state index < -0.39 is 0 Å². The molecule has 1 aromatic heterocycles. The van der Waals surface area contributed by atoms with E-state index in [9.17, 15) is 4.79 Å². The number of imidazole rings is 1. The van der Waals surface area contributed by atoms with Crippen molar-refractivity contribution in [3.05, 3.63) is 18.7 Å². The number of aryl methyl sites for hydroxylation is 1. The second-order valence-corrected chi connectivity index (χ2v) is 5.88. The fraction of sp³-hybridized carbons (Fsp3) is 0.714. The van der Waals surface area contributed by atoms with Gasteiger partial charge < -0.3 is 15.6 Å². The van der Waals surface area contributed by atoms with E-state index in [-0.39, 0.29) is 17.9 Å². The van der Waals surface area contributed by atoms with Crippen molar-refractivity contribution >= 4 is 5.91 Å². The van der Waals surface area contributed by atoms with Crippen molar-refractivity contribution in [2.24, 2.45) is 23.5 Å². The van der Waals surface area contributed by atoms with E-state index in [0.29, 0.717) is 11.8 Å². The molecule has 0 aromatic carbocycles. The number of rotatable bonds is 5. The molecular weight excluding hydrogens is 240 g/mol.